The summed E-state index contributed by atoms with van der Waals surface area (Å²) in [4.78, 5) is 12.4. The Morgan fingerprint density at radius 1 is 1.27 bits per heavy atom. The number of ether oxygens (including phenoxy) is 1. The maximum absolute atomic E-state index is 12.4. The van der Waals surface area contributed by atoms with E-state index in [-0.39, 0.29) is 11.9 Å². The molecular formula is C19H26O3. The fraction of sp³-hybridized carbons (Fsp3) is 0.632. The van der Waals surface area contributed by atoms with Crippen LogP contribution in [-0.4, -0.2) is 11.1 Å². The molecule has 0 radical (unpaired) electrons. The summed E-state index contributed by atoms with van der Waals surface area (Å²) in [7, 11) is 0. The fourth-order valence-electron chi connectivity index (χ4n) is 4.23. The zero-order valence-electron chi connectivity index (χ0n) is 13.5. The Morgan fingerprint density at radius 2 is 2.05 bits per heavy atom. The first-order valence-corrected chi connectivity index (χ1v) is 8.60. The van der Waals surface area contributed by atoms with Gasteiger partial charge in [0.05, 0.1) is 11.5 Å². The van der Waals surface area contributed by atoms with Gasteiger partial charge in [-0.1, -0.05) is 32.4 Å². The maximum Gasteiger partial charge on any atom is 0.314 e. The highest BCUT2D eigenvalue weighted by atomic mass is 16.5. The molecule has 1 aromatic rings. The normalized spacial score (nSPS) is 27.1. The summed E-state index contributed by atoms with van der Waals surface area (Å²) in [5.74, 6) is 1.83. The molecule has 2 saturated carbocycles. The van der Waals surface area contributed by atoms with Gasteiger partial charge in [0.25, 0.3) is 0 Å². The summed E-state index contributed by atoms with van der Waals surface area (Å²) in [6, 6.07) is 7.38. The van der Waals surface area contributed by atoms with Crippen molar-refractivity contribution in [1.29, 1.82) is 0 Å². The minimum atomic E-state index is -0.838. The number of rotatable bonds is 5. The van der Waals surface area contributed by atoms with Crippen LogP contribution in [0.2, 0.25) is 0 Å². The van der Waals surface area contributed by atoms with Crippen LogP contribution >= 0.6 is 0 Å². The smallest absolute Gasteiger partial charge is 0.314 e. The highest BCUT2D eigenvalue weighted by molar-refractivity contribution is 5.76. The predicted octanol–water partition coefficient (Wildman–Crippen LogP) is 4.04. The predicted molar refractivity (Wildman–Crippen MR) is 85.5 cm³/mol. The molecule has 0 aromatic heterocycles. The molecule has 2 bridgehead atoms. The third kappa shape index (κ3) is 2.79. The fourth-order valence-corrected chi connectivity index (χ4v) is 4.23. The molecule has 3 heteroatoms. The second kappa shape index (κ2) is 6.04. The van der Waals surface area contributed by atoms with E-state index in [4.69, 9.17) is 4.74 Å². The standard InChI is InChI=1S/C19H26O3/c1-3-19(21,4-2)15-6-5-7-16(12-15)22-18(20)17-11-13-8-9-14(17)10-13/h5-7,12-14,17,21H,3-4,8-11H2,1-2H3. The van der Waals surface area contributed by atoms with Crippen LogP contribution in [-0.2, 0) is 10.4 Å². The topological polar surface area (TPSA) is 46.5 Å². The van der Waals surface area contributed by atoms with E-state index >= 15 is 0 Å². The van der Waals surface area contributed by atoms with Crippen LogP contribution in [0.1, 0.15) is 57.9 Å². The van der Waals surface area contributed by atoms with Gasteiger partial charge in [0.1, 0.15) is 5.75 Å². The first-order chi connectivity index (χ1) is 10.6. The molecule has 0 aliphatic heterocycles. The molecule has 2 fully saturated rings. The Labute approximate surface area is 132 Å². The average Bonchev–Trinajstić information content (AvgIpc) is 3.17. The number of carbonyl (C=O) groups is 1. The lowest BCUT2D eigenvalue weighted by molar-refractivity contribution is -0.140. The third-order valence-corrected chi connectivity index (χ3v) is 5.80. The van der Waals surface area contributed by atoms with Crippen LogP contribution in [0.15, 0.2) is 24.3 Å². The van der Waals surface area contributed by atoms with Gasteiger partial charge in [-0.05, 0) is 61.6 Å². The molecule has 3 atom stereocenters. The second-order valence-corrected chi connectivity index (χ2v) is 6.97. The Kier molecular flexibility index (Phi) is 4.26. The summed E-state index contributed by atoms with van der Waals surface area (Å²) in [5.41, 5.74) is -0.00906. The molecule has 0 spiro atoms. The van der Waals surface area contributed by atoms with Gasteiger partial charge in [0.2, 0.25) is 0 Å². The highest BCUT2D eigenvalue weighted by Gasteiger charge is 2.44. The zero-order valence-corrected chi connectivity index (χ0v) is 13.5. The molecule has 2 aliphatic carbocycles. The first kappa shape index (κ1) is 15.5. The van der Waals surface area contributed by atoms with Crippen molar-refractivity contribution < 1.29 is 14.6 Å². The highest BCUT2D eigenvalue weighted by Crippen LogP contribution is 2.48. The van der Waals surface area contributed by atoms with Crippen LogP contribution in [0.3, 0.4) is 0 Å². The number of benzene rings is 1. The SMILES string of the molecule is CCC(O)(CC)c1cccc(OC(=O)C2CC3CCC2C3)c1. The van der Waals surface area contributed by atoms with E-state index in [0.29, 0.717) is 24.5 Å². The summed E-state index contributed by atoms with van der Waals surface area (Å²) in [6.45, 7) is 3.94. The molecule has 3 unspecified atom stereocenters. The largest absolute Gasteiger partial charge is 0.426 e. The number of fused-ring (bicyclic) bond motifs is 2. The molecule has 0 amide bonds. The quantitative estimate of drug-likeness (QED) is 0.659. The number of hydrogen-bond donors (Lipinski definition) is 1. The molecule has 2 aliphatic rings. The molecule has 120 valence electrons. The molecule has 3 nitrogen and oxygen atoms in total. The van der Waals surface area contributed by atoms with Gasteiger partial charge >= 0.3 is 5.97 Å². The lowest BCUT2D eigenvalue weighted by atomic mass is 9.88. The second-order valence-electron chi connectivity index (χ2n) is 6.97. The van der Waals surface area contributed by atoms with Gasteiger partial charge in [0.15, 0.2) is 0 Å². The third-order valence-electron chi connectivity index (χ3n) is 5.80. The van der Waals surface area contributed by atoms with Crippen LogP contribution in [0.4, 0.5) is 0 Å². The molecule has 1 N–H and O–H groups in total. The number of hydrogen-bond acceptors (Lipinski definition) is 3. The van der Waals surface area contributed by atoms with E-state index in [2.05, 4.69) is 0 Å². The van der Waals surface area contributed by atoms with E-state index in [0.717, 1.165) is 17.9 Å². The zero-order chi connectivity index (χ0) is 15.7. The summed E-state index contributed by atoms with van der Waals surface area (Å²) in [5, 5.41) is 10.6. The van der Waals surface area contributed by atoms with Gasteiger partial charge in [-0.15, -0.1) is 0 Å². The van der Waals surface area contributed by atoms with Crippen molar-refractivity contribution in [3.63, 3.8) is 0 Å². The summed E-state index contributed by atoms with van der Waals surface area (Å²) >= 11 is 0. The van der Waals surface area contributed by atoms with Gasteiger partial charge in [-0.25, -0.2) is 0 Å². The van der Waals surface area contributed by atoms with E-state index in [1.807, 2.05) is 32.0 Å². The number of aliphatic hydroxyl groups is 1. The van der Waals surface area contributed by atoms with Crippen molar-refractivity contribution in [2.24, 2.45) is 17.8 Å². The number of carbonyl (C=O) groups excluding carboxylic acids is 1. The average molecular weight is 302 g/mol. The van der Waals surface area contributed by atoms with Crippen LogP contribution in [0.25, 0.3) is 0 Å². The van der Waals surface area contributed by atoms with Crippen molar-refractivity contribution in [3.8, 4) is 5.75 Å². The van der Waals surface area contributed by atoms with Gasteiger partial charge in [0, 0.05) is 0 Å². The molecule has 3 rings (SSSR count). The molecule has 0 saturated heterocycles. The lowest BCUT2D eigenvalue weighted by Gasteiger charge is -2.26. The number of esters is 1. The van der Waals surface area contributed by atoms with Crippen LogP contribution in [0, 0.1) is 17.8 Å². The Bertz CT molecular complexity index is 547. The van der Waals surface area contributed by atoms with Crippen molar-refractivity contribution in [3.05, 3.63) is 29.8 Å². The van der Waals surface area contributed by atoms with Crippen LogP contribution in [0.5, 0.6) is 5.75 Å². The Morgan fingerprint density at radius 3 is 2.64 bits per heavy atom. The maximum atomic E-state index is 12.4. The molecular weight excluding hydrogens is 276 g/mol. The Hall–Kier alpha value is -1.35. The van der Waals surface area contributed by atoms with E-state index < -0.39 is 5.60 Å². The van der Waals surface area contributed by atoms with Gasteiger partial charge in [-0.2, -0.15) is 0 Å². The summed E-state index contributed by atoms with van der Waals surface area (Å²) < 4.78 is 5.63. The lowest BCUT2D eigenvalue weighted by Crippen LogP contribution is -2.26. The minimum Gasteiger partial charge on any atom is -0.426 e. The van der Waals surface area contributed by atoms with Crippen molar-refractivity contribution >= 4 is 5.97 Å². The molecule has 1 aromatic carbocycles. The van der Waals surface area contributed by atoms with Crippen molar-refractivity contribution in [2.75, 3.05) is 0 Å². The van der Waals surface area contributed by atoms with Crippen LogP contribution < -0.4 is 4.74 Å². The Balaban J connectivity index is 1.72. The summed E-state index contributed by atoms with van der Waals surface area (Å²) in [6.07, 6.45) is 5.95. The molecule has 0 heterocycles. The van der Waals surface area contributed by atoms with Crippen molar-refractivity contribution in [2.45, 2.75) is 58.0 Å². The first-order valence-electron chi connectivity index (χ1n) is 8.60. The van der Waals surface area contributed by atoms with Gasteiger partial charge in [-0.3, -0.25) is 4.79 Å². The molecule has 22 heavy (non-hydrogen) atoms. The van der Waals surface area contributed by atoms with E-state index in [9.17, 15) is 9.90 Å². The minimum absolute atomic E-state index is 0.0821. The monoisotopic (exact) mass is 302 g/mol. The van der Waals surface area contributed by atoms with Crippen molar-refractivity contribution in [1.82, 2.24) is 0 Å². The van der Waals surface area contributed by atoms with Gasteiger partial charge < -0.3 is 9.84 Å². The van der Waals surface area contributed by atoms with E-state index in [1.54, 1.807) is 6.07 Å². The van der Waals surface area contributed by atoms with E-state index in [1.165, 1.54) is 19.3 Å².